The van der Waals surface area contributed by atoms with E-state index < -0.39 is 6.17 Å². The van der Waals surface area contributed by atoms with Crippen LogP contribution in [0.15, 0.2) is 23.4 Å². The monoisotopic (exact) mass is 194 g/mol. The summed E-state index contributed by atoms with van der Waals surface area (Å²) in [5.74, 6) is 0.322. The van der Waals surface area contributed by atoms with E-state index >= 15 is 0 Å². The number of fused-ring (bicyclic) bond motifs is 2. The standard InChI is InChI=1S/C11H15FN2/c12-7-3-1-2-6-10-8(13)4-5-9(10)14-11(6)7/h1,3,6-8,11,14H,2,4-5,13H2. The van der Waals surface area contributed by atoms with Gasteiger partial charge in [0.2, 0.25) is 0 Å². The highest BCUT2D eigenvalue weighted by atomic mass is 19.1. The van der Waals surface area contributed by atoms with E-state index in [9.17, 15) is 4.39 Å². The maximum absolute atomic E-state index is 13.6. The van der Waals surface area contributed by atoms with Gasteiger partial charge >= 0.3 is 0 Å². The minimum Gasteiger partial charge on any atom is -0.382 e. The van der Waals surface area contributed by atoms with Crippen LogP contribution in [0, 0.1) is 5.92 Å². The van der Waals surface area contributed by atoms with E-state index in [2.05, 4.69) is 5.32 Å². The van der Waals surface area contributed by atoms with E-state index in [1.54, 1.807) is 6.08 Å². The third-order valence-electron chi connectivity index (χ3n) is 3.68. The van der Waals surface area contributed by atoms with Gasteiger partial charge in [-0.2, -0.15) is 0 Å². The average Bonchev–Trinajstić information content (AvgIpc) is 2.68. The molecule has 3 aliphatic rings. The molecule has 1 aliphatic heterocycles. The van der Waals surface area contributed by atoms with Crippen molar-refractivity contribution in [1.29, 1.82) is 0 Å². The molecule has 1 heterocycles. The summed E-state index contributed by atoms with van der Waals surface area (Å²) in [5.41, 5.74) is 8.57. The van der Waals surface area contributed by atoms with Gasteiger partial charge in [0.1, 0.15) is 6.17 Å². The number of hydrogen-bond acceptors (Lipinski definition) is 2. The zero-order valence-corrected chi connectivity index (χ0v) is 8.04. The molecule has 3 rings (SSSR count). The fourth-order valence-corrected chi connectivity index (χ4v) is 3.02. The summed E-state index contributed by atoms with van der Waals surface area (Å²) in [6.07, 6.45) is 5.77. The van der Waals surface area contributed by atoms with Crippen LogP contribution in [0.2, 0.25) is 0 Å². The molecular weight excluding hydrogens is 179 g/mol. The van der Waals surface area contributed by atoms with E-state index in [1.807, 2.05) is 6.08 Å². The number of allylic oxidation sites excluding steroid dienone is 2. The zero-order valence-electron chi connectivity index (χ0n) is 8.04. The predicted octanol–water partition coefficient (Wildman–Crippen LogP) is 1.25. The molecule has 4 atom stereocenters. The summed E-state index contributed by atoms with van der Waals surface area (Å²) in [4.78, 5) is 0. The van der Waals surface area contributed by atoms with Crippen LogP contribution < -0.4 is 11.1 Å². The highest BCUT2D eigenvalue weighted by molar-refractivity contribution is 5.36. The zero-order chi connectivity index (χ0) is 9.71. The lowest BCUT2D eigenvalue weighted by Crippen LogP contribution is -2.41. The fraction of sp³-hybridized carbons (Fsp3) is 0.636. The van der Waals surface area contributed by atoms with Gasteiger partial charge in [-0.15, -0.1) is 0 Å². The van der Waals surface area contributed by atoms with E-state index in [4.69, 9.17) is 5.73 Å². The van der Waals surface area contributed by atoms with Crippen LogP contribution in [0.5, 0.6) is 0 Å². The van der Waals surface area contributed by atoms with Crippen LogP contribution in [0.3, 0.4) is 0 Å². The first-order valence-corrected chi connectivity index (χ1v) is 5.33. The Labute approximate surface area is 83.0 Å². The average molecular weight is 194 g/mol. The SMILES string of the molecule is NC1CCC2=C1C1CC=CC(F)C1N2. The first kappa shape index (κ1) is 8.48. The second-order valence-electron chi connectivity index (χ2n) is 4.46. The Hall–Kier alpha value is -0.830. The summed E-state index contributed by atoms with van der Waals surface area (Å²) < 4.78 is 13.6. The molecule has 0 aromatic rings. The van der Waals surface area contributed by atoms with Crippen molar-refractivity contribution in [2.45, 2.75) is 37.5 Å². The molecule has 3 heteroatoms. The molecule has 0 amide bonds. The van der Waals surface area contributed by atoms with Gasteiger partial charge in [0.05, 0.1) is 6.04 Å². The maximum atomic E-state index is 13.6. The summed E-state index contributed by atoms with van der Waals surface area (Å²) in [7, 11) is 0. The summed E-state index contributed by atoms with van der Waals surface area (Å²) in [5, 5.41) is 3.31. The number of halogens is 1. The third-order valence-corrected chi connectivity index (χ3v) is 3.68. The van der Waals surface area contributed by atoms with Crippen LogP contribution in [0.4, 0.5) is 4.39 Å². The first-order valence-electron chi connectivity index (χ1n) is 5.33. The minimum absolute atomic E-state index is 0.0312. The van der Waals surface area contributed by atoms with Crippen LogP contribution in [0.25, 0.3) is 0 Å². The Balaban J connectivity index is 1.93. The molecule has 14 heavy (non-hydrogen) atoms. The Kier molecular flexibility index (Phi) is 1.71. The van der Waals surface area contributed by atoms with Crippen LogP contribution >= 0.6 is 0 Å². The van der Waals surface area contributed by atoms with Crippen LogP contribution in [-0.2, 0) is 0 Å². The van der Waals surface area contributed by atoms with Gasteiger partial charge in [-0.1, -0.05) is 12.2 Å². The van der Waals surface area contributed by atoms with Crippen LogP contribution in [0.1, 0.15) is 19.3 Å². The maximum Gasteiger partial charge on any atom is 0.139 e. The lowest BCUT2D eigenvalue weighted by Gasteiger charge is -2.28. The summed E-state index contributed by atoms with van der Waals surface area (Å²) in [6, 6.07) is 0.141. The van der Waals surface area contributed by atoms with Gasteiger partial charge in [-0.05, 0) is 24.8 Å². The molecule has 0 bridgehead atoms. The van der Waals surface area contributed by atoms with E-state index in [-0.39, 0.29) is 12.1 Å². The Bertz CT molecular complexity index is 321. The molecule has 0 aromatic heterocycles. The normalized spacial score (nSPS) is 45.0. The highest BCUT2D eigenvalue weighted by Gasteiger charge is 2.43. The molecule has 2 nitrogen and oxygen atoms in total. The van der Waals surface area contributed by atoms with Crippen molar-refractivity contribution in [3.8, 4) is 0 Å². The molecule has 0 aromatic carbocycles. The van der Waals surface area contributed by atoms with Crippen molar-refractivity contribution in [1.82, 2.24) is 5.32 Å². The molecule has 0 spiro atoms. The van der Waals surface area contributed by atoms with Gasteiger partial charge in [0.25, 0.3) is 0 Å². The second kappa shape index (κ2) is 2.83. The van der Waals surface area contributed by atoms with Gasteiger partial charge in [-0.3, -0.25) is 0 Å². The van der Waals surface area contributed by atoms with Gasteiger partial charge in [0, 0.05) is 17.7 Å². The van der Waals surface area contributed by atoms with E-state index in [0.29, 0.717) is 5.92 Å². The highest BCUT2D eigenvalue weighted by Crippen LogP contribution is 2.41. The fourth-order valence-electron chi connectivity index (χ4n) is 3.02. The molecule has 4 unspecified atom stereocenters. The van der Waals surface area contributed by atoms with Gasteiger partial charge in [-0.25, -0.2) is 4.39 Å². The summed E-state index contributed by atoms with van der Waals surface area (Å²) >= 11 is 0. The predicted molar refractivity (Wildman–Crippen MR) is 53.3 cm³/mol. The van der Waals surface area contributed by atoms with Crippen molar-refractivity contribution in [3.05, 3.63) is 23.4 Å². The van der Waals surface area contributed by atoms with Gasteiger partial charge in [0.15, 0.2) is 0 Å². The topological polar surface area (TPSA) is 38.0 Å². The molecule has 3 N–H and O–H groups in total. The van der Waals surface area contributed by atoms with Crippen molar-refractivity contribution < 1.29 is 4.39 Å². The van der Waals surface area contributed by atoms with Crippen molar-refractivity contribution in [2.75, 3.05) is 0 Å². The summed E-state index contributed by atoms with van der Waals surface area (Å²) in [6.45, 7) is 0. The van der Waals surface area contributed by atoms with Crippen molar-refractivity contribution >= 4 is 0 Å². The van der Waals surface area contributed by atoms with Gasteiger partial charge < -0.3 is 11.1 Å². The van der Waals surface area contributed by atoms with Crippen LogP contribution in [-0.4, -0.2) is 18.3 Å². The van der Waals surface area contributed by atoms with Crippen molar-refractivity contribution in [2.24, 2.45) is 11.7 Å². The number of hydrogen-bond donors (Lipinski definition) is 2. The lowest BCUT2D eigenvalue weighted by atomic mass is 9.83. The lowest BCUT2D eigenvalue weighted by molar-refractivity contribution is 0.260. The first-order chi connectivity index (χ1) is 6.77. The molecule has 0 fully saturated rings. The molecular formula is C11H15FN2. The molecule has 0 saturated carbocycles. The molecule has 0 saturated heterocycles. The Morgan fingerprint density at radius 3 is 3.21 bits per heavy atom. The largest absolute Gasteiger partial charge is 0.382 e. The minimum atomic E-state index is -0.841. The molecule has 0 radical (unpaired) electrons. The number of nitrogens with two attached hydrogens (primary N) is 1. The smallest absolute Gasteiger partial charge is 0.139 e. The molecule has 2 aliphatic carbocycles. The number of rotatable bonds is 0. The Morgan fingerprint density at radius 1 is 1.50 bits per heavy atom. The third kappa shape index (κ3) is 0.989. The second-order valence-corrected chi connectivity index (χ2v) is 4.46. The van der Waals surface area contributed by atoms with E-state index in [1.165, 1.54) is 11.3 Å². The van der Waals surface area contributed by atoms with Crippen molar-refractivity contribution in [3.63, 3.8) is 0 Å². The molecule has 76 valence electrons. The van der Waals surface area contributed by atoms with E-state index in [0.717, 1.165) is 19.3 Å². The Morgan fingerprint density at radius 2 is 2.36 bits per heavy atom. The number of alkyl halides is 1. The quantitative estimate of drug-likeness (QED) is 0.569. The number of nitrogens with one attached hydrogen (secondary N) is 1.